The molecule has 3 aromatic heterocycles. The van der Waals surface area contributed by atoms with Crippen LogP contribution in [0.5, 0.6) is 0 Å². The van der Waals surface area contributed by atoms with Gasteiger partial charge in [0.1, 0.15) is 24.2 Å². The molecule has 2 aliphatic carbocycles. The lowest BCUT2D eigenvalue weighted by atomic mass is 9.73. The smallest absolute Gasteiger partial charge is 0.407 e. The van der Waals surface area contributed by atoms with E-state index >= 15 is 0 Å². The van der Waals surface area contributed by atoms with E-state index in [1.807, 2.05) is 24.9 Å². The molecule has 2 aliphatic heterocycles. The van der Waals surface area contributed by atoms with E-state index in [1.54, 1.807) is 11.1 Å². The maximum Gasteiger partial charge on any atom is 0.407 e. The number of carbonyl (C=O) groups excluding carboxylic acids is 4. The summed E-state index contributed by atoms with van der Waals surface area (Å²) in [5, 5.41) is 5.21. The molecule has 0 bridgehead atoms. The fourth-order valence-electron chi connectivity index (χ4n) is 9.84. The molecule has 15 heteroatoms. The van der Waals surface area contributed by atoms with E-state index in [1.165, 1.54) is 55.7 Å². The second-order valence-corrected chi connectivity index (χ2v) is 17.5. The van der Waals surface area contributed by atoms with E-state index in [0.717, 1.165) is 77.3 Å². The Bertz CT molecular complexity index is 2480. The van der Waals surface area contributed by atoms with Crippen molar-refractivity contribution in [3.05, 3.63) is 77.6 Å². The molecule has 3 fully saturated rings. The molecule has 4 aliphatic rings. The average Bonchev–Trinajstić information content (AvgIpc) is 4.14. The van der Waals surface area contributed by atoms with Crippen LogP contribution in [-0.2, 0) is 25.5 Å². The van der Waals surface area contributed by atoms with Gasteiger partial charge in [-0.25, -0.2) is 19.6 Å². The summed E-state index contributed by atoms with van der Waals surface area (Å²) in [7, 11) is 2.57. The minimum atomic E-state index is -0.693. The van der Waals surface area contributed by atoms with Gasteiger partial charge in [0.25, 0.3) is 0 Å². The van der Waals surface area contributed by atoms with Crippen LogP contribution in [0.15, 0.2) is 54.9 Å². The van der Waals surface area contributed by atoms with E-state index in [4.69, 9.17) is 19.7 Å². The van der Waals surface area contributed by atoms with Crippen molar-refractivity contribution in [2.75, 3.05) is 33.9 Å². The minimum Gasteiger partial charge on any atom is -0.453 e. The number of alkyl carbamates (subject to hydrolysis) is 2. The van der Waals surface area contributed by atoms with Crippen molar-refractivity contribution < 1.29 is 28.7 Å². The third-order valence-electron chi connectivity index (χ3n) is 13.1. The summed E-state index contributed by atoms with van der Waals surface area (Å²) < 4.78 is 9.41. The lowest BCUT2D eigenvalue weighted by Crippen LogP contribution is -2.51. The molecule has 0 radical (unpaired) electrons. The Labute approximate surface area is 368 Å². The largest absolute Gasteiger partial charge is 0.453 e. The number of pyridine rings is 1. The van der Waals surface area contributed by atoms with Crippen LogP contribution >= 0.6 is 0 Å². The van der Waals surface area contributed by atoms with Crippen LogP contribution in [0.4, 0.5) is 9.59 Å². The fraction of sp³-hybridized carbons (Fsp3) is 0.479. The number of ether oxygens (including phenoxy) is 2. The number of methoxy groups -OCH3 is 2. The number of fused-ring (bicyclic) bond motifs is 4. The van der Waals surface area contributed by atoms with Crippen molar-refractivity contribution in [1.29, 1.82) is 0 Å². The number of hydrogen-bond acceptors (Lipinski definition) is 9. The molecule has 0 spiro atoms. The highest BCUT2D eigenvalue weighted by atomic mass is 16.5. The molecular weight excluding hydrogens is 799 g/mol. The Morgan fingerprint density at radius 2 is 1.52 bits per heavy atom. The predicted molar refractivity (Wildman–Crippen MR) is 239 cm³/mol. The van der Waals surface area contributed by atoms with Gasteiger partial charge in [-0.15, -0.1) is 0 Å². The molecule has 2 saturated heterocycles. The van der Waals surface area contributed by atoms with Crippen LogP contribution in [0, 0.1) is 11.8 Å². The topological polar surface area (TPSA) is 188 Å². The number of rotatable bonds is 10. The first-order chi connectivity index (χ1) is 30.5. The average molecular weight is 858 g/mol. The highest BCUT2D eigenvalue weighted by molar-refractivity contribution is 5.87. The van der Waals surface area contributed by atoms with Gasteiger partial charge in [-0.1, -0.05) is 52.3 Å². The lowest BCUT2D eigenvalue weighted by Gasteiger charge is -2.31. The third kappa shape index (κ3) is 8.61. The van der Waals surface area contributed by atoms with Crippen LogP contribution < -0.4 is 10.6 Å². The number of aromatic amines is 2. The van der Waals surface area contributed by atoms with E-state index < -0.39 is 18.2 Å². The monoisotopic (exact) mass is 857 g/mol. The fourth-order valence-corrected chi connectivity index (χ4v) is 9.84. The van der Waals surface area contributed by atoms with Crippen molar-refractivity contribution in [2.24, 2.45) is 11.8 Å². The summed E-state index contributed by atoms with van der Waals surface area (Å²) in [6, 6.07) is 13.9. The molecule has 9 rings (SSSR count). The van der Waals surface area contributed by atoms with Gasteiger partial charge in [-0.3, -0.25) is 14.6 Å². The molecule has 5 atom stereocenters. The maximum atomic E-state index is 13.6. The Hall–Kier alpha value is -6.25. The van der Waals surface area contributed by atoms with E-state index in [0.29, 0.717) is 24.9 Å². The van der Waals surface area contributed by atoms with Crippen molar-refractivity contribution >= 4 is 35.0 Å². The van der Waals surface area contributed by atoms with Crippen LogP contribution in [-0.4, -0.2) is 98.6 Å². The van der Waals surface area contributed by atoms with Crippen molar-refractivity contribution in [1.82, 2.24) is 45.4 Å². The summed E-state index contributed by atoms with van der Waals surface area (Å²) in [6.07, 6.45) is 10.4. The first-order valence-corrected chi connectivity index (χ1v) is 22.5. The van der Waals surface area contributed by atoms with Crippen LogP contribution in [0.2, 0.25) is 0 Å². The molecular formula is C48H59N9O6. The zero-order valence-electron chi connectivity index (χ0n) is 37.1. The summed E-state index contributed by atoms with van der Waals surface area (Å²) >= 11 is 0. The number of hydrogen-bond donors (Lipinski definition) is 4. The number of nitrogens with zero attached hydrogens (tertiary/aromatic N) is 5. The Balaban J connectivity index is 0.00000177. The molecule has 5 heterocycles. The molecule has 4 unspecified atom stereocenters. The highest BCUT2D eigenvalue weighted by Gasteiger charge is 2.42. The minimum absolute atomic E-state index is 0.109. The Kier molecular flexibility index (Phi) is 12.8. The SMILES string of the molecule is CCC.COC(=O)NCC(=O)N1CCCC1c1nc2ccc(-c3ccc(-c4ccc(-c5cnc([C@@H]6CCCN6C(=O)C(NC(=O)OC)C(C)C)[nH]5)cn4)c4c3CC3CCC43)cc2[nH]1. The number of benzene rings is 2. The zero-order chi connectivity index (χ0) is 44.4. The second kappa shape index (κ2) is 18.6. The van der Waals surface area contributed by atoms with Crippen LogP contribution in [0.3, 0.4) is 0 Å². The molecule has 5 aromatic rings. The van der Waals surface area contributed by atoms with Gasteiger partial charge in [0.2, 0.25) is 11.8 Å². The molecule has 2 aromatic carbocycles. The van der Waals surface area contributed by atoms with Gasteiger partial charge in [0, 0.05) is 30.4 Å². The van der Waals surface area contributed by atoms with Gasteiger partial charge < -0.3 is 39.9 Å². The summed E-state index contributed by atoms with van der Waals surface area (Å²) in [5.41, 5.74) is 10.8. The standard InChI is InChI=1S/C45H51N9O6.C3H8/c1-24(2)40(52-45(58)60-4)43(56)54-18-6-7-36(54)41-47-22-35(51-41)27-11-15-32(46-21-27)30-14-13-28(31-19-25-9-12-29(25)39(30)31)26-10-16-33-34(20-26)50-42(49-33)37-8-5-17-53(37)38(55)23-48-44(57)59-3;1-3-2/h10-11,13-16,20-22,24-25,29,36-37,40H,5-9,12,17-19,23H2,1-4H3,(H,47,51)(H,48,57)(H,49,50)(H,52,58);3H2,1-2H3/t25?,29?,36-,37?,40?;/m0./s1. The van der Waals surface area contributed by atoms with Gasteiger partial charge in [0.15, 0.2) is 0 Å². The zero-order valence-corrected chi connectivity index (χ0v) is 37.1. The normalized spacial score (nSPS) is 20.4. The number of aromatic nitrogens is 5. The first-order valence-electron chi connectivity index (χ1n) is 22.5. The molecule has 332 valence electrons. The number of likely N-dealkylation sites (tertiary alicyclic amines) is 2. The molecule has 4 N–H and O–H groups in total. The predicted octanol–water partition coefficient (Wildman–Crippen LogP) is 8.21. The van der Waals surface area contributed by atoms with Gasteiger partial charge in [0.05, 0.1) is 54.9 Å². The van der Waals surface area contributed by atoms with Crippen LogP contribution in [0.1, 0.15) is 113 Å². The van der Waals surface area contributed by atoms with E-state index in [-0.39, 0.29) is 36.4 Å². The van der Waals surface area contributed by atoms with Gasteiger partial charge in [-0.05, 0) is 109 Å². The van der Waals surface area contributed by atoms with Crippen LogP contribution in [0.25, 0.3) is 44.7 Å². The summed E-state index contributed by atoms with van der Waals surface area (Å²) in [5.74, 6) is 2.22. The number of amides is 4. The first kappa shape index (κ1) is 43.4. The maximum absolute atomic E-state index is 13.6. The summed E-state index contributed by atoms with van der Waals surface area (Å²) in [6.45, 7) is 9.15. The number of carbonyl (C=O) groups is 4. The molecule has 4 amide bonds. The Morgan fingerprint density at radius 1 is 0.810 bits per heavy atom. The number of imidazole rings is 2. The van der Waals surface area contributed by atoms with Gasteiger partial charge in [-0.2, -0.15) is 0 Å². The third-order valence-corrected chi connectivity index (χ3v) is 13.1. The number of nitrogens with one attached hydrogen (secondary N) is 4. The quantitative estimate of drug-likeness (QED) is 0.107. The van der Waals surface area contributed by atoms with E-state index in [2.05, 4.69) is 81.7 Å². The molecule has 15 nitrogen and oxygen atoms in total. The highest BCUT2D eigenvalue weighted by Crippen LogP contribution is 2.56. The molecule has 63 heavy (non-hydrogen) atoms. The second-order valence-electron chi connectivity index (χ2n) is 17.5. The van der Waals surface area contributed by atoms with Gasteiger partial charge >= 0.3 is 12.2 Å². The lowest BCUT2D eigenvalue weighted by molar-refractivity contribution is -0.135. The Morgan fingerprint density at radius 3 is 2.21 bits per heavy atom. The summed E-state index contributed by atoms with van der Waals surface area (Å²) in [4.78, 5) is 75.5. The van der Waals surface area contributed by atoms with Crippen molar-refractivity contribution in [2.45, 2.75) is 103 Å². The van der Waals surface area contributed by atoms with Crippen molar-refractivity contribution in [3.8, 4) is 33.6 Å². The number of H-pyrrole nitrogens is 2. The van der Waals surface area contributed by atoms with Crippen molar-refractivity contribution in [3.63, 3.8) is 0 Å². The molecule has 1 saturated carbocycles. The van der Waals surface area contributed by atoms with E-state index in [9.17, 15) is 19.2 Å².